The third kappa shape index (κ3) is 1.58. The Labute approximate surface area is 77.0 Å². The molecule has 0 spiro atoms. The van der Waals surface area contributed by atoms with E-state index in [4.69, 9.17) is 0 Å². The van der Waals surface area contributed by atoms with Crippen LogP contribution in [0.25, 0.3) is 0 Å². The molecule has 2 aliphatic heterocycles. The molecule has 76 valence electrons. The maximum Gasteiger partial charge on any atom is 0.109 e. The second-order valence-electron chi connectivity index (χ2n) is 3.81. The summed E-state index contributed by atoms with van der Waals surface area (Å²) in [5.74, 6) is 0. The maximum atomic E-state index is 9.65. The van der Waals surface area contributed by atoms with Crippen molar-refractivity contribution < 1.29 is 15.3 Å². The van der Waals surface area contributed by atoms with Gasteiger partial charge in [-0.05, 0) is 0 Å². The fourth-order valence-electron chi connectivity index (χ4n) is 2.13. The highest BCUT2D eigenvalue weighted by atomic mass is 16.4. The average Bonchev–Trinajstić information content (AvgIpc) is 2.15. The zero-order valence-corrected chi connectivity index (χ0v) is 7.43. The van der Waals surface area contributed by atoms with Crippen LogP contribution in [0.1, 0.15) is 0 Å². The normalized spacial score (nSPS) is 47.3. The lowest BCUT2D eigenvalue weighted by Gasteiger charge is -2.46. The average molecular weight is 188 g/mol. The van der Waals surface area contributed by atoms with Crippen molar-refractivity contribution in [3.63, 3.8) is 0 Å². The van der Waals surface area contributed by atoms with Gasteiger partial charge in [0.2, 0.25) is 0 Å². The van der Waals surface area contributed by atoms with Crippen LogP contribution < -0.4 is 5.32 Å². The molecule has 0 aromatic heterocycles. The molecule has 2 fully saturated rings. The van der Waals surface area contributed by atoms with Gasteiger partial charge in [-0.3, -0.25) is 4.90 Å². The second kappa shape index (κ2) is 3.51. The molecule has 0 unspecified atom stereocenters. The molecule has 2 heterocycles. The molecular weight excluding hydrogens is 172 g/mol. The lowest BCUT2D eigenvalue weighted by atomic mass is 9.92. The molecule has 0 bridgehead atoms. The van der Waals surface area contributed by atoms with Gasteiger partial charge in [-0.1, -0.05) is 0 Å². The van der Waals surface area contributed by atoms with Gasteiger partial charge in [0.25, 0.3) is 0 Å². The van der Waals surface area contributed by atoms with Crippen LogP contribution in [0.2, 0.25) is 0 Å². The minimum atomic E-state index is -0.999. The van der Waals surface area contributed by atoms with E-state index < -0.39 is 18.3 Å². The number of piperidine rings is 1. The summed E-state index contributed by atoms with van der Waals surface area (Å²) in [5.41, 5.74) is 0. The van der Waals surface area contributed by atoms with Crippen LogP contribution in [0, 0.1) is 0 Å². The second-order valence-corrected chi connectivity index (χ2v) is 3.81. The monoisotopic (exact) mass is 188 g/mol. The van der Waals surface area contributed by atoms with E-state index in [1.54, 1.807) is 0 Å². The quantitative estimate of drug-likeness (QED) is 0.334. The number of aliphatic hydroxyl groups excluding tert-OH is 3. The summed E-state index contributed by atoms with van der Waals surface area (Å²) in [6, 6.07) is -0.0489. The molecule has 13 heavy (non-hydrogen) atoms. The summed E-state index contributed by atoms with van der Waals surface area (Å²) in [7, 11) is 0. The summed E-state index contributed by atoms with van der Waals surface area (Å²) in [6.45, 7) is 2.85. The largest absolute Gasteiger partial charge is 0.389 e. The first kappa shape index (κ1) is 9.36. The highest BCUT2D eigenvalue weighted by Crippen LogP contribution is 2.19. The Morgan fingerprint density at radius 2 is 1.92 bits per heavy atom. The number of rotatable bonds is 0. The molecule has 0 saturated carbocycles. The van der Waals surface area contributed by atoms with E-state index in [0.29, 0.717) is 13.1 Å². The molecule has 2 aliphatic rings. The van der Waals surface area contributed by atoms with Gasteiger partial charge in [0.15, 0.2) is 0 Å². The van der Waals surface area contributed by atoms with Crippen LogP contribution in [0.5, 0.6) is 0 Å². The van der Waals surface area contributed by atoms with Gasteiger partial charge < -0.3 is 20.6 Å². The topological polar surface area (TPSA) is 76.0 Å². The van der Waals surface area contributed by atoms with Crippen LogP contribution in [-0.2, 0) is 0 Å². The molecule has 5 heteroatoms. The first-order valence-corrected chi connectivity index (χ1v) is 4.69. The highest BCUT2D eigenvalue weighted by Gasteiger charge is 2.41. The van der Waals surface area contributed by atoms with E-state index in [2.05, 4.69) is 5.32 Å². The summed E-state index contributed by atoms with van der Waals surface area (Å²) in [6.07, 6.45) is -2.65. The molecule has 5 nitrogen and oxygen atoms in total. The van der Waals surface area contributed by atoms with Gasteiger partial charge in [0, 0.05) is 26.2 Å². The number of piperazine rings is 1. The van der Waals surface area contributed by atoms with Crippen LogP contribution in [0.15, 0.2) is 0 Å². The van der Waals surface area contributed by atoms with Crippen molar-refractivity contribution in [1.29, 1.82) is 0 Å². The van der Waals surface area contributed by atoms with Gasteiger partial charge in [-0.15, -0.1) is 0 Å². The first-order valence-electron chi connectivity index (χ1n) is 4.69. The fourth-order valence-corrected chi connectivity index (χ4v) is 2.13. The SMILES string of the molecule is O[C@H]1[C@H](O)[C@@H](O)CN2CCNC[C@H]12. The minimum absolute atomic E-state index is 0.0489. The molecule has 2 rings (SSSR count). The molecule has 0 aliphatic carbocycles. The third-order valence-electron chi connectivity index (χ3n) is 2.96. The molecule has 0 radical (unpaired) electrons. The van der Waals surface area contributed by atoms with E-state index in [1.165, 1.54) is 0 Å². The summed E-state index contributed by atoms with van der Waals surface area (Å²) < 4.78 is 0. The molecule has 4 N–H and O–H groups in total. The number of hydrogen-bond acceptors (Lipinski definition) is 5. The minimum Gasteiger partial charge on any atom is -0.389 e. The van der Waals surface area contributed by atoms with Crippen LogP contribution in [0.3, 0.4) is 0 Å². The van der Waals surface area contributed by atoms with E-state index in [0.717, 1.165) is 13.1 Å². The van der Waals surface area contributed by atoms with Crippen molar-refractivity contribution in [2.24, 2.45) is 0 Å². The highest BCUT2D eigenvalue weighted by molar-refractivity contribution is 4.97. The third-order valence-corrected chi connectivity index (χ3v) is 2.96. The van der Waals surface area contributed by atoms with Crippen LogP contribution in [0.4, 0.5) is 0 Å². The Bertz CT molecular complexity index is 188. The molecule has 0 amide bonds. The predicted octanol–water partition coefficient (Wildman–Crippen LogP) is -2.64. The van der Waals surface area contributed by atoms with Gasteiger partial charge in [0.05, 0.1) is 18.2 Å². The Balaban J connectivity index is 2.08. The lowest BCUT2D eigenvalue weighted by Crippen LogP contribution is -2.67. The number of aliphatic hydroxyl groups is 3. The summed E-state index contributed by atoms with van der Waals surface area (Å²) in [5, 5.41) is 31.7. The van der Waals surface area contributed by atoms with E-state index >= 15 is 0 Å². The molecule has 0 aromatic carbocycles. The lowest BCUT2D eigenvalue weighted by molar-refractivity contribution is -0.140. The smallest absolute Gasteiger partial charge is 0.109 e. The molecule has 4 atom stereocenters. The standard InChI is InChI=1S/C8H16N2O3/c11-6-4-10-2-1-9-3-5(10)7(12)8(6)13/h5-9,11-13H,1-4H2/t5-,6+,7-,8-/m1/s1. The summed E-state index contributed by atoms with van der Waals surface area (Å²) in [4.78, 5) is 2.03. The molecule has 0 aromatic rings. The number of nitrogens with one attached hydrogen (secondary N) is 1. The van der Waals surface area contributed by atoms with Gasteiger partial charge in [-0.2, -0.15) is 0 Å². The zero-order valence-electron chi connectivity index (χ0n) is 7.43. The van der Waals surface area contributed by atoms with Crippen molar-refractivity contribution >= 4 is 0 Å². The van der Waals surface area contributed by atoms with Gasteiger partial charge >= 0.3 is 0 Å². The van der Waals surface area contributed by atoms with Crippen molar-refractivity contribution in [3.05, 3.63) is 0 Å². The predicted molar refractivity (Wildman–Crippen MR) is 46.3 cm³/mol. The van der Waals surface area contributed by atoms with Crippen LogP contribution in [-0.4, -0.2) is 70.8 Å². The van der Waals surface area contributed by atoms with Crippen molar-refractivity contribution in [2.45, 2.75) is 24.4 Å². The van der Waals surface area contributed by atoms with E-state index in [-0.39, 0.29) is 6.04 Å². The molecule has 2 saturated heterocycles. The van der Waals surface area contributed by atoms with Crippen molar-refractivity contribution in [3.8, 4) is 0 Å². The van der Waals surface area contributed by atoms with Gasteiger partial charge in [0.1, 0.15) is 6.10 Å². The number of hydrogen-bond donors (Lipinski definition) is 4. The number of nitrogens with zero attached hydrogens (tertiary/aromatic N) is 1. The van der Waals surface area contributed by atoms with E-state index in [9.17, 15) is 15.3 Å². The fraction of sp³-hybridized carbons (Fsp3) is 1.00. The molecular formula is C8H16N2O3. The first-order chi connectivity index (χ1) is 6.20. The number of fused-ring (bicyclic) bond motifs is 1. The zero-order chi connectivity index (χ0) is 9.42. The van der Waals surface area contributed by atoms with Gasteiger partial charge in [-0.25, -0.2) is 0 Å². The Morgan fingerprint density at radius 3 is 2.69 bits per heavy atom. The maximum absolute atomic E-state index is 9.65. The van der Waals surface area contributed by atoms with Crippen LogP contribution >= 0.6 is 0 Å². The summed E-state index contributed by atoms with van der Waals surface area (Å²) >= 11 is 0. The Kier molecular flexibility index (Phi) is 2.53. The van der Waals surface area contributed by atoms with E-state index in [1.807, 2.05) is 4.90 Å². The van der Waals surface area contributed by atoms with Crippen molar-refractivity contribution in [2.75, 3.05) is 26.2 Å². The Morgan fingerprint density at radius 1 is 1.15 bits per heavy atom. The Hall–Kier alpha value is -0.200. The van der Waals surface area contributed by atoms with Crippen molar-refractivity contribution in [1.82, 2.24) is 10.2 Å².